The van der Waals surface area contributed by atoms with Crippen molar-refractivity contribution in [1.29, 1.82) is 0 Å². The lowest BCUT2D eigenvalue weighted by Gasteiger charge is -2.20. The number of rotatable bonds is 3. The third kappa shape index (κ3) is 3.84. The molecule has 0 spiro atoms. The largest absolute Gasteiger partial charge is 0.455 e. The zero-order valence-electron chi connectivity index (χ0n) is 33.9. The van der Waals surface area contributed by atoms with Crippen molar-refractivity contribution in [1.82, 2.24) is 0 Å². The lowest BCUT2D eigenvalue weighted by atomic mass is 9.82. The second-order valence-electron chi connectivity index (χ2n) is 11.7. The Balaban J connectivity index is 1.37. The van der Waals surface area contributed by atoms with Crippen LogP contribution in [0.1, 0.15) is 12.3 Å². The molecular weight excluding hydrogens is 569 g/mol. The van der Waals surface area contributed by atoms with Crippen LogP contribution in [0.4, 0.5) is 0 Å². The van der Waals surface area contributed by atoms with Crippen LogP contribution in [0, 0.1) is 0 Å². The van der Waals surface area contributed by atoms with Crippen molar-refractivity contribution in [2.24, 2.45) is 0 Å². The summed E-state index contributed by atoms with van der Waals surface area (Å²) in [7, 11) is 0. The molecule has 0 fully saturated rings. The van der Waals surface area contributed by atoms with E-state index in [-0.39, 0.29) is 50.4 Å². The van der Waals surface area contributed by atoms with Gasteiger partial charge in [0.2, 0.25) is 0 Å². The molecule has 0 saturated heterocycles. The fourth-order valence-corrected chi connectivity index (χ4v) is 7.24. The maximum absolute atomic E-state index is 9.42. The van der Waals surface area contributed by atoms with E-state index in [1.165, 1.54) is 0 Å². The van der Waals surface area contributed by atoms with Gasteiger partial charge in [-0.25, -0.2) is 0 Å². The predicted molar refractivity (Wildman–Crippen MR) is 200 cm³/mol. The van der Waals surface area contributed by atoms with Gasteiger partial charge >= 0.3 is 0 Å². The molecule has 1 aromatic heterocycles. The van der Waals surface area contributed by atoms with E-state index >= 15 is 0 Å². The molecule has 0 aliphatic rings. The molecule has 0 atom stereocenters. The normalized spacial score (nSPS) is 14.5. The van der Waals surface area contributed by atoms with Crippen LogP contribution in [-0.2, 0) is 0 Å². The molecule has 0 bridgehead atoms. The molecule has 0 N–H and O–H groups in total. The van der Waals surface area contributed by atoms with Gasteiger partial charge in [0.25, 0.3) is 0 Å². The van der Waals surface area contributed by atoms with Gasteiger partial charge in [0.05, 0.1) is 12.3 Å². The van der Waals surface area contributed by atoms with Crippen LogP contribution in [0.5, 0.6) is 0 Å². The Morgan fingerprint density at radius 1 is 0.362 bits per heavy atom. The fourth-order valence-electron chi connectivity index (χ4n) is 7.24. The standard InChI is InChI=1S/C46H28O/c1-3-16-31-29(13-1)15-11-24-34(31)43-37-20-7-9-22-39(37)44(40-23-10-8-21-38(40)43)35-19-6-5-18-33(35)36-25-12-26-42-45(36)41-28-27-30-14-2-4-17-32(30)46(41)47-42/h1-28H/i2D,4D,12D,14D,17D,25D,26D,27D,28D. The van der Waals surface area contributed by atoms with Crippen molar-refractivity contribution in [2.45, 2.75) is 0 Å². The van der Waals surface area contributed by atoms with Gasteiger partial charge in [-0.15, -0.1) is 0 Å². The monoisotopic (exact) mass is 605 g/mol. The summed E-state index contributed by atoms with van der Waals surface area (Å²) in [5.41, 5.74) is 4.41. The van der Waals surface area contributed by atoms with Crippen molar-refractivity contribution in [2.75, 3.05) is 0 Å². The van der Waals surface area contributed by atoms with Crippen molar-refractivity contribution >= 4 is 65.0 Å². The van der Waals surface area contributed by atoms with Gasteiger partial charge in [-0.2, -0.15) is 0 Å². The van der Waals surface area contributed by atoms with E-state index in [0.29, 0.717) is 5.56 Å². The summed E-state index contributed by atoms with van der Waals surface area (Å²) in [5, 5.41) is 6.19. The molecule has 0 aliphatic carbocycles. The van der Waals surface area contributed by atoms with Crippen LogP contribution in [0.3, 0.4) is 0 Å². The van der Waals surface area contributed by atoms with E-state index in [0.717, 1.165) is 54.6 Å². The van der Waals surface area contributed by atoms with Gasteiger partial charge in [0.1, 0.15) is 11.2 Å². The highest BCUT2D eigenvalue weighted by Crippen LogP contribution is 2.48. The molecule has 10 aromatic rings. The SMILES string of the molecule is [2H]c1c([2H])c(-c2ccccc2-c2c3ccccc3c(-c3cccc4ccccc34)c3ccccc23)c2c(oc3c4c([2H])c([2H])c([2H])c([2H])c4c([2H])c([2H])c32)c1[2H]. The van der Waals surface area contributed by atoms with Crippen molar-refractivity contribution < 1.29 is 16.8 Å². The first-order chi connectivity index (χ1) is 27.1. The summed E-state index contributed by atoms with van der Waals surface area (Å²) in [4.78, 5) is 0. The summed E-state index contributed by atoms with van der Waals surface area (Å²) in [6, 6.07) is 34.9. The maximum atomic E-state index is 9.42. The molecule has 9 aromatic carbocycles. The zero-order valence-corrected chi connectivity index (χ0v) is 24.9. The van der Waals surface area contributed by atoms with Crippen LogP contribution in [0.2, 0.25) is 0 Å². The van der Waals surface area contributed by atoms with Crippen LogP contribution in [0.15, 0.2) is 174 Å². The number of hydrogen-bond donors (Lipinski definition) is 0. The van der Waals surface area contributed by atoms with Gasteiger partial charge in [0, 0.05) is 16.2 Å². The van der Waals surface area contributed by atoms with Crippen LogP contribution >= 0.6 is 0 Å². The lowest BCUT2D eigenvalue weighted by Crippen LogP contribution is -1.93. The van der Waals surface area contributed by atoms with Gasteiger partial charge < -0.3 is 4.42 Å². The van der Waals surface area contributed by atoms with Gasteiger partial charge in [-0.05, 0) is 83.2 Å². The summed E-state index contributed by atoms with van der Waals surface area (Å²) in [6.45, 7) is 0. The molecule has 0 amide bonds. The smallest absolute Gasteiger partial charge is 0.143 e. The molecule has 1 nitrogen and oxygen atoms in total. The first-order valence-corrected chi connectivity index (χ1v) is 15.5. The maximum Gasteiger partial charge on any atom is 0.143 e. The topological polar surface area (TPSA) is 13.1 Å². The molecule has 0 saturated carbocycles. The molecule has 1 heterocycles. The molecule has 0 aliphatic heterocycles. The third-order valence-electron chi connectivity index (χ3n) is 9.21. The van der Waals surface area contributed by atoms with Crippen LogP contribution < -0.4 is 0 Å². The first kappa shape index (κ1) is 18.7. The number of benzene rings is 9. The average molecular weight is 606 g/mol. The highest BCUT2D eigenvalue weighted by atomic mass is 16.3. The zero-order chi connectivity index (χ0) is 38.7. The Morgan fingerprint density at radius 3 is 1.72 bits per heavy atom. The van der Waals surface area contributed by atoms with Crippen molar-refractivity contribution in [3.05, 3.63) is 170 Å². The highest BCUT2D eigenvalue weighted by molar-refractivity contribution is 6.25. The molecule has 0 radical (unpaired) electrons. The van der Waals surface area contributed by atoms with E-state index in [1.807, 2.05) is 60.7 Å². The average Bonchev–Trinajstić information content (AvgIpc) is 3.62. The quantitative estimate of drug-likeness (QED) is 0.183. The van der Waals surface area contributed by atoms with E-state index in [4.69, 9.17) is 14.0 Å². The van der Waals surface area contributed by atoms with Crippen LogP contribution in [-0.4, -0.2) is 0 Å². The van der Waals surface area contributed by atoms with Gasteiger partial charge in [-0.1, -0.05) is 158 Å². The highest BCUT2D eigenvalue weighted by Gasteiger charge is 2.21. The molecule has 0 unspecified atom stereocenters. The molecular formula is C46H28O. The minimum atomic E-state index is -0.533. The van der Waals surface area contributed by atoms with Gasteiger partial charge in [0.15, 0.2) is 0 Å². The van der Waals surface area contributed by atoms with E-state index in [1.54, 1.807) is 0 Å². The Kier molecular flexibility index (Phi) is 4.05. The molecule has 47 heavy (non-hydrogen) atoms. The van der Waals surface area contributed by atoms with Crippen molar-refractivity contribution in [3.63, 3.8) is 0 Å². The Bertz CT molecular complexity index is 3300. The van der Waals surface area contributed by atoms with E-state index < -0.39 is 42.3 Å². The summed E-state index contributed by atoms with van der Waals surface area (Å²) < 4.78 is 86.0. The Hall–Kier alpha value is -6.18. The minimum absolute atomic E-state index is 0.0513. The predicted octanol–water partition coefficient (Wildman–Crippen LogP) is 13.2. The molecule has 218 valence electrons. The molecule has 1 heteroatoms. The lowest BCUT2D eigenvalue weighted by molar-refractivity contribution is 0.673. The summed E-state index contributed by atoms with van der Waals surface area (Å²) in [5.74, 6) is 0. The Morgan fingerprint density at radius 2 is 0.957 bits per heavy atom. The number of fused-ring (bicyclic) bond motifs is 8. The molecule has 10 rings (SSSR count). The Labute approximate surface area is 284 Å². The van der Waals surface area contributed by atoms with Crippen LogP contribution in [0.25, 0.3) is 98.4 Å². The minimum Gasteiger partial charge on any atom is -0.455 e. The summed E-state index contributed by atoms with van der Waals surface area (Å²) in [6.07, 6.45) is 0. The second kappa shape index (κ2) is 10.2. The van der Waals surface area contributed by atoms with E-state index in [9.17, 15) is 2.74 Å². The van der Waals surface area contributed by atoms with Gasteiger partial charge in [-0.3, -0.25) is 0 Å². The van der Waals surface area contributed by atoms with E-state index in [2.05, 4.69) is 54.6 Å². The number of furan rings is 1. The first-order valence-electron chi connectivity index (χ1n) is 20.0. The number of hydrogen-bond acceptors (Lipinski definition) is 1. The van der Waals surface area contributed by atoms with Crippen molar-refractivity contribution in [3.8, 4) is 33.4 Å². The second-order valence-corrected chi connectivity index (χ2v) is 11.7. The summed E-state index contributed by atoms with van der Waals surface area (Å²) >= 11 is 0. The fraction of sp³-hybridized carbons (Fsp3) is 0. The third-order valence-corrected chi connectivity index (χ3v) is 9.21.